The van der Waals surface area contributed by atoms with Crippen LogP contribution in [0.25, 0.3) is 0 Å². The standard InChI is InChI=1S/C14H12INO2/c1-9-4-2-3-5-12(9)16-14(18)10-6-7-11(15)13(17)8-10/h2-8,17H,1H3,(H,16,18). The number of halogens is 1. The molecule has 0 spiro atoms. The molecule has 0 saturated carbocycles. The molecular weight excluding hydrogens is 341 g/mol. The van der Waals surface area contributed by atoms with Gasteiger partial charge < -0.3 is 10.4 Å². The number of rotatable bonds is 2. The highest BCUT2D eigenvalue weighted by Crippen LogP contribution is 2.21. The maximum absolute atomic E-state index is 12.0. The molecule has 0 saturated heterocycles. The molecule has 0 unspecified atom stereocenters. The van der Waals surface area contributed by atoms with Gasteiger partial charge in [0.1, 0.15) is 5.75 Å². The fraction of sp³-hybridized carbons (Fsp3) is 0.0714. The largest absolute Gasteiger partial charge is 0.507 e. The van der Waals surface area contributed by atoms with Crippen LogP contribution < -0.4 is 5.32 Å². The van der Waals surface area contributed by atoms with Crippen LogP contribution in [0.15, 0.2) is 42.5 Å². The van der Waals surface area contributed by atoms with Gasteiger partial charge in [-0.2, -0.15) is 0 Å². The molecule has 0 atom stereocenters. The molecule has 2 aromatic carbocycles. The summed E-state index contributed by atoms with van der Waals surface area (Å²) >= 11 is 2.01. The van der Waals surface area contributed by atoms with E-state index in [1.54, 1.807) is 12.1 Å². The third kappa shape index (κ3) is 2.81. The van der Waals surface area contributed by atoms with E-state index in [4.69, 9.17) is 0 Å². The lowest BCUT2D eigenvalue weighted by molar-refractivity contribution is 0.102. The van der Waals surface area contributed by atoms with E-state index in [9.17, 15) is 9.90 Å². The molecule has 1 amide bonds. The summed E-state index contributed by atoms with van der Waals surface area (Å²) in [6.07, 6.45) is 0. The number of amides is 1. The fourth-order valence-corrected chi connectivity index (χ4v) is 1.90. The number of hydrogen-bond donors (Lipinski definition) is 2. The van der Waals surface area contributed by atoms with Crippen molar-refractivity contribution in [3.8, 4) is 5.75 Å². The van der Waals surface area contributed by atoms with Crippen molar-refractivity contribution in [2.45, 2.75) is 6.92 Å². The van der Waals surface area contributed by atoms with Gasteiger partial charge in [-0.15, -0.1) is 0 Å². The first-order valence-corrected chi connectivity index (χ1v) is 6.51. The van der Waals surface area contributed by atoms with E-state index in [-0.39, 0.29) is 11.7 Å². The second-order valence-electron chi connectivity index (χ2n) is 3.94. The fourth-order valence-electron chi connectivity index (χ4n) is 1.56. The van der Waals surface area contributed by atoms with Crippen LogP contribution in [0.1, 0.15) is 15.9 Å². The Balaban J connectivity index is 2.22. The van der Waals surface area contributed by atoms with Gasteiger partial charge in [0.25, 0.3) is 5.91 Å². The van der Waals surface area contributed by atoms with Crippen LogP contribution in [0, 0.1) is 10.5 Å². The zero-order valence-corrected chi connectivity index (χ0v) is 11.9. The first-order valence-electron chi connectivity index (χ1n) is 5.43. The Morgan fingerprint density at radius 2 is 1.94 bits per heavy atom. The maximum atomic E-state index is 12.0. The molecule has 0 aliphatic heterocycles. The smallest absolute Gasteiger partial charge is 0.255 e. The van der Waals surface area contributed by atoms with Crippen LogP contribution in [-0.2, 0) is 0 Å². The first kappa shape index (κ1) is 12.9. The lowest BCUT2D eigenvalue weighted by Crippen LogP contribution is -2.12. The normalized spacial score (nSPS) is 10.1. The molecule has 2 N–H and O–H groups in total. The Hall–Kier alpha value is -1.56. The number of phenols is 1. The van der Waals surface area contributed by atoms with Crippen LogP contribution >= 0.6 is 22.6 Å². The van der Waals surface area contributed by atoms with Crippen molar-refractivity contribution in [2.24, 2.45) is 0 Å². The third-order valence-electron chi connectivity index (χ3n) is 2.60. The summed E-state index contributed by atoms with van der Waals surface area (Å²) in [4.78, 5) is 12.0. The summed E-state index contributed by atoms with van der Waals surface area (Å²) in [5, 5.41) is 12.4. The molecule has 0 aromatic heterocycles. The molecular formula is C14H12INO2. The molecule has 0 radical (unpaired) electrons. The van der Waals surface area contributed by atoms with Gasteiger partial charge in [0.05, 0.1) is 3.57 Å². The number of aromatic hydroxyl groups is 1. The summed E-state index contributed by atoms with van der Waals surface area (Å²) in [7, 11) is 0. The summed E-state index contributed by atoms with van der Waals surface area (Å²) in [5.41, 5.74) is 2.22. The quantitative estimate of drug-likeness (QED) is 0.812. The highest BCUT2D eigenvalue weighted by Gasteiger charge is 2.09. The second-order valence-corrected chi connectivity index (χ2v) is 5.10. The van der Waals surface area contributed by atoms with E-state index in [0.29, 0.717) is 5.56 Å². The van der Waals surface area contributed by atoms with Gasteiger partial charge in [0, 0.05) is 11.3 Å². The van der Waals surface area contributed by atoms with Crippen LogP contribution in [0.2, 0.25) is 0 Å². The molecule has 0 aliphatic carbocycles. The van der Waals surface area contributed by atoms with Gasteiger partial charge >= 0.3 is 0 Å². The molecule has 18 heavy (non-hydrogen) atoms. The molecule has 0 heterocycles. The predicted molar refractivity (Wildman–Crippen MR) is 80.0 cm³/mol. The predicted octanol–water partition coefficient (Wildman–Crippen LogP) is 3.56. The lowest BCUT2D eigenvalue weighted by Gasteiger charge is -2.08. The molecule has 92 valence electrons. The number of hydrogen-bond acceptors (Lipinski definition) is 2. The molecule has 0 aliphatic rings. The minimum atomic E-state index is -0.226. The number of phenolic OH excluding ortho intramolecular Hbond substituents is 1. The van der Waals surface area contributed by atoms with Crippen LogP contribution in [0.5, 0.6) is 5.75 Å². The number of carbonyl (C=O) groups is 1. The topological polar surface area (TPSA) is 49.3 Å². The van der Waals surface area contributed by atoms with Crippen molar-refractivity contribution in [1.29, 1.82) is 0 Å². The Morgan fingerprint density at radius 1 is 1.22 bits per heavy atom. The minimum Gasteiger partial charge on any atom is -0.507 e. The van der Waals surface area contributed by atoms with Crippen LogP contribution in [0.4, 0.5) is 5.69 Å². The van der Waals surface area contributed by atoms with Crippen molar-refractivity contribution in [3.05, 3.63) is 57.2 Å². The minimum absolute atomic E-state index is 0.119. The van der Waals surface area contributed by atoms with Crippen LogP contribution in [-0.4, -0.2) is 11.0 Å². The van der Waals surface area contributed by atoms with Gasteiger partial charge in [0.15, 0.2) is 0 Å². The average molecular weight is 353 g/mol. The van der Waals surface area contributed by atoms with Crippen molar-refractivity contribution >= 4 is 34.2 Å². The van der Waals surface area contributed by atoms with E-state index in [1.165, 1.54) is 6.07 Å². The van der Waals surface area contributed by atoms with Crippen LogP contribution in [0.3, 0.4) is 0 Å². The number of nitrogens with one attached hydrogen (secondary N) is 1. The summed E-state index contributed by atoms with van der Waals surface area (Å²) in [5.74, 6) is -0.107. The summed E-state index contributed by atoms with van der Waals surface area (Å²) in [6.45, 7) is 1.93. The summed E-state index contributed by atoms with van der Waals surface area (Å²) in [6, 6.07) is 12.4. The Bertz CT molecular complexity index is 596. The highest BCUT2D eigenvalue weighted by atomic mass is 127. The number of anilines is 1. The SMILES string of the molecule is Cc1ccccc1NC(=O)c1ccc(I)c(O)c1. The number of aryl methyl sites for hydroxylation is 1. The summed E-state index contributed by atoms with van der Waals surface area (Å²) < 4.78 is 0.722. The second kappa shape index (κ2) is 5.39. The molecule has 0 bridgehead atoms. The van der Waals surface area contributed by atoms with Gasteiger partial charge in [-0.1, -0.05) is 18.2 Å². The van der Waals surface area contributed by atoms with E-state index in [1.807, 2.05) is 53.8 Å². The van der Waals surface area contributed by atoms with E-state index < -0.39 is 0 Å². The van der Waals surface area contributed by atoms with E-state index in [2.05, 4.69) is 5.32 Å². The number of carbonyl (C=O) groups excluding carboxylic acids is 1. The zero-order chi connectivity index (χ0) is 13.1. The van der Waals surface area contributed by atoms with Gasteiger partial charge in [0.2, 0.25) is 0 Å². The maximum Gasteiger partial charge on any atom is 0.255 e. The monoisotopic (exact) mass is 353 g/mol. The van der Waals surface area contributed by atoms with Crippen molar-refractivity contribution in [3.63, 3.8) is 0 Å². The number of para-hydroxylation sites is 1. The van der Waals surface area contributed by atoms with Gasteiger partial charge in [-0.25, -0.2) is 0 Å². The van der Waals surface area contributed by atoms with E-state index >= 15 is 0 Å². The van der Waals surface area contributed by atoms with Gasteiger partial charge in [-0.3, -0.25) is 4.79 Å². The Kier molecular flexibility index (Phi) is 3.86. The van der Waals surface area contributed by atoms with Gasteiger partial charge in [-0.05, 0) is 59.3 Å². The first-order chi connectivity index (χ1) is 8.58. The molecule has 2 aromatic rings. The third-order valence-corrected chi connectivity index (χ3v) is 3.51. The molecule has 0 fully saturated rings. The lowest BCUT2D eigenvalue weighted by atomic mass is 10.1. The Morgan fingerprint density at radius 3 is 2.61 bits per heavy atom. The van der Waals surface area contributed by atoms with Crippen molar-refractivity contribution in [1.82, 2.24) is 0 Å². The Labute approximate surface area is 119 Å². The molecule has 3 nitrogen and oxygen atoms in total. The van der Waals surface area contributed by atoms with E-state index in [0.717, 1.165) is 14.8 Å². The number of benzene rings is 2. The molecule has 4 heteroatoms. The average Bonchev–Trinajstić information content (AvgIpc) is 2.35. The van der Waals surface area contributed by atoms with Crippen molar-refractivity contribution < 1.29 is 9.90 Å². The molecule has 2 rings (SSSR count). The highest BCUT2D eigenvalue weighted by molar-refractivity contribution is 14.1. The van der Waals surface area contributed by atoms with Crippen molar-refractivity contribution in [2.75, 3.05) is 5.32 Å². The zero-order valence-electron chi connectivity index (χ0n) is 9.77.